The molecule has 0 aliphatic heterocycles. The van der Waals surface area contributed by atoms with Crippen LogP contribution in [-0.4, -0.2) is 41.3 Å². The topological polar surface area (TPSA) is 88.5 Å². The molecule has 1 aromatic rings. The van der Waals surface area contributed by atoms with Crippen LogP contribution >= 0.6 is 0 Å². The Labute approximate surface area is 123 Å². The highest BCUT2D eigenvalue weighted by atomic mass is 19.4. The number of rotatable bonds is 6. The SMILES string of the molecule is O=C(NCC1(C(=O)O)CC1)c1ccnc(OCC(F)(F)F)c1. The molecule has 0 bridgehead atoms. The Balaban J connectivity index is 1.94. The maximum Gasteiger partial charge on any atom is 0.422 e. The third-order valence-electron chi connectivity index (χ3n) is 3.28. The second-order valence-corrected chi connectivity index (χ2v) is 5.05. The average molecular weight is 318 g/mol. The number of carbonyl (C=O) groups is 2. The van der Waals surface area contributed by atoms with Gasteiger partial charge in [-0.05, 0) is 18.9 Å². The molecule has 1 aliphatic carbocycles. The molecule has 9 heteroatoms. The third kappa shape index (κ3) is 4.09. The molecule has 120 valence electrons. The van der Waals surface area contributed by atoms with Gasteiger partial charge in [-0.1, -0.05) is 0 Å². The van der Waals surface area contributed by atoms with Crippen molar-refractivity contribution in [1.29, 1.82) is 0 Å². The first-order chi connectivity index (χ1) is 10.2. The Morgan fingerprint density at radius 1 is 1.41 bits per heavy atom. The predicted octanol–water partition coefficient (Wildman–Crippen LogP) is 1.62. The molecule has 0 atom stereocenters. The number of aliphatic carboxylic acids is 1. The van der Waals surface area contributed by atoms with E-state index in [-0.39, 0.29) is 18.0 Å². The van der Waals surface area contributed by atoms with Crippen LogP contribution in [0.3, 0.4) is 0 Å². The van der Waals surface area contributed by atoms with E-state index in [9.17, 15) is 22.8 Å². The van der Waals surface area contributed by atoms with Crippen molar-refractivity contribution < 1.29 is 32.6 Å². The molecule has 1 amide bonds. The Morgan fingerprint density at radius 3 is 2.64 bits per heavy atom. The Morgan fingerprint density at radius 2 is 2.09 bits per heavy atom. The second-order valence-electron chi connectivity index (χ2n) is 5.05. The minimum atomic E-state index is -4.50. The third-order valence-corrected chi connectivity index (χ3v) is 3.28. The lowest BCUT2D eigenvalue weighted by Crippen LogP contribution is -2.34. The van der Waals surface area contributed by atoms with E-state index >= 15 is 0 Å². The van der Waals surface area contributed by atoms with E-state index in [1.165, 1.54) is 6.07 Å². The number of carboxylic acids is 1. The minimum Gasteiger partial charge on any atom is -0.481 e. The van der Waals surface area contributed by atoms with E-state index in [4.69, 9.17) is 5.11 Å². The second kappa shape index (κ2) is 5.82. The monoisotopic (exact) mass is 318 g/mol. The van der Waals surface area contributed by atoms with Crippen LogP contribution in [0.15, 0.2) is 18.3 Å². The maximum atomic E-state index is 12.0. The summed E-state index contributed by atoms with van der Waals surface area (Å²) < 4.78 is 40.6. The highest BCUT2D eigenvalue weighted by Crippen LogP contribution is 2.45. The van der Waals surface area contributed by atoms with Gasteiger partial charge in [0, 0.05) is 24.4 Å². The van der Waals surface area contributed by atoms with Gasteiger partial charge in [0.1, 0.15) is 0 Å². The quantitative estimate of drug-likeness (QED) is 0.832. The summed E-state index contributed by atoms with van der Waals surface area (Å²) in [5.74, 6) is -1.90. The van der Waals surface area contributed by atoms with Gasteiger partial charge in [0.25, 0.3) is 5.91 Å². The van der Waals surface area contributed by atoms with Gasteiger partial charge in [0.2, 0.25) is 5.88 Å². The maximum absolute atomic E-state index is 12.0. The van der Waals surface area contributed by atoms with Crippen molar-refractivity contribution in [3.8, 4) is 5.88 Å². The van der Waals surface area contributed by atoms with E-state index < -0.39 is 30.1 Å². The largest absolute Gasteiger partial charge is 0.481 e. The molecule has 6 nitrogen and oxygen atoms in total. The first-order valence-electron chi connectivity index (χ1n) is 6.39. The fraction of sp³-hybridized carbons (Fsp3) is 0.462. The first kappa shape index (κ1) is 16.1. The number of nitrogens with zero attached hydrogens (tertiary/aromatic N) is 1. The zero-order chi connectivity index (χ0) is 16.4. The fourth-order valence-corrected chi connectivity index (χ4v) is 1.75. The molecule has 1 saturated carbocycles. The highest BCUT2D eigenvalue weighted by Gasteiger charge is 2.50. The number of alkyl halides is 3. The zero-order valence-electron chi connectivity index (χ0n) is 11.3. The number of nitrogens with one attached hydrogen (secondary N) is 1. The standard InChI is InChI=1S/C13H13F3N2O4/c14-13(15,16)7-22-9-5-8(1-4-17-9)10(19)18-6-12(2-3-12)11(20)21/h1,4-5H,2-3,6-7H2,(H,18,19)(H,20,21). The lowest BCUT2D eigenvalue weighted by molar-refractivity contribution is -0.154. The van der Waals surface area contributed by atoms with Crippen molar-refractivity contribution in [2.75, 3.05) is 13.2 Å². The van der Waals surface area contributed by atoms with E-state index in [2.05, 4.69) is 15.0 Å². The Hall–Kier alpha value is -2.32. The number of hydrogen-bond donors (Lipinski definition) is 2. The van der Waals surface area contributed by atoms with Crippen molar-refractivity contribution in [3.63, 3.8) is 0 Å². The molecule has 1 heterocycles. The molecule has 0 saturated heterocycles. The lowest BCUT2D eigenvalue weighted by atomic mass is 10.1. The van der Waals surface area contributed by atoms with Crippen LogP contribution in [0.2, 0.25) is 0 Å². The number of halogens is 3. The van der Waals surface area contributed by atoms with Crippen LogP contribution in [-0.2, 0) is 4.79 Å². The molecule has 2 rings (SSSR count). The van der Waals surface area contributed by atoms with Crippen LogP contribution in [0.25, 0.3) is 0 Å². The zero-order valence-corrected chi connectivity index (χ0v) is 11.3. The van der Waals surface area contributed by atoms with Gasteiger partial charge in [0.15, 0.2) is 6.61 Å². The molecular weight excluding hydrogens is 305 g/mol. The van der Waals surface area contributed by atoms with E-state index in [1.807, 2.05) is 0 Å². The molecule has 0 radical (unpaired) electrons. The van der Waals surface area contributed by atoms with Gasteiger partial charge >= 0.3 is 12.1 Å². The van der Waals surface area contributed by atoms with Gasteiger partial charge in [-0.25, -0.2) is 4.98 Å². The Kier molecular flexibility index (Phi) is 4.25. The van der Waals surface area contributed by atoms with E-state index in [0.29, 0.717) is 12.8 Å². The molecule has 1 aliphatic rings. The predicted molar refractivity (Wildman–Crippen MR) is 67.4 cm³/mol. The summed E-state index contributed by atoms with van der Waals surface area (Å²) in [4.78, 5) is 26.4. The molecule has 22 heavy (non-hydrogen) atoms. The number of pyridine rings is 1. The molecule has 0 unspecified atom stereocenters. The van der Waals surface area contributed by atoms with Crippen molar-refractivity contribution >= 4 is 11.9 Å². The summed E-state index contributed by atoms with van der Waals surface area (Å²) in [5, 5.41) is 11.4. The number of hydrogen-bond acceptors (Lipinski definition) is 4. The molecule has 1 fully saturated rings. The van der Waals surface area contributed by atoms with Crippen LogP contribution < -0.4 is 10.1 Å². The molecule has 1 aromatic heterocycles. The van der Waals surface area contributed by atoms with Crippen LogP contribution in [0.5, 0.6) is 5.88 Å². The number of carbonyl (C=O) groups excluding carboxylic acids is 1. The first-order valence-corrected chi connectivity index (χ1v) is 6.39. The Bertz CT molecular complexity index is 585. The number of carboxylic acid groups (broad SMARTS) is 1. The van der Waals surface area contributed by atoms with Gasteiger partial charge in [-0.3, -0.25) is 9.59 Å². The van der Waals surface area contributed by atoms with Crippen molar-refractivity contribution in [1.82, 2.24) is 10.3 Å². The van der Waals surface area contributed by atoms with Gasteiger partial charge < -0.3 is 15.2 Å². The average Bonchev–Trinajstić information content (AvgIpc) is 3.23. The van der Waals surface area contributed by atoms with E-state index in [0.717, 1.165) is 12.3 Å². The van der Waals surface area contributed by atoms with Crippen molar-refractivity contribution in [2.24, 2.45) is 5.41 Å². The van der Waals surface area contributed by atoms with Crippen molar-refractivity contribution in [2.45, 2.75) is 19.0 Å². The van der Waals surface area contributed by atoms with Crippen LogP contribution in [0.1, 0.15) is 23.2 Å². The fourth-order valence-electron chi connectivity index (χ4n) is 1.75. The smallest absolute Gasteiger partial charge is 0.422 e. The summed E-state index contributed by atoms with van der Waals surface area (Å²) in [6.07, 6.45) is -2.39. The minimum absolute atomic E-state index is 0.0256. The van der Waals surface area contributed by atoms with Gasteiger partial charge in [-0.15, -0.1) is 0 Å². The number of ether oxygens (including phenoxy) is 1. The van der Waals surface area contributed by atoms with Crippen LogP contribution in [0, 0.1) is 5.41 Å². The summed E-state index contributed by atoms with van der Waals surface area (Å²) in [6.45, 7) is -1.53. The van der Waals surface area contributed by atoms with Gasteiger partial charge in [-0.2, -0.15) is 13.2 Å². The summed E-state index contributed by atoms with van der Waals surface area (Å²) in [5.41, 5.74) is -0.869. The lowest BCUT2D eigenvalue weighted by Gasteiger charge is -2.12. The van der Waals surface area contributed by atoms with E-state index in [1.54, 1.807) is 0 Å². The van der Waals surface area contributed by atoms with Crippen molar-refractivity contribution in [3.05, 3.63) is 23.9 Å². The molecular formula is C13H13F3N2O4. The molecule has 2 N–H and O–H groups in total. The number of amides is 1. The molecule has 0 aromatic carbocycles. The summed E-state index contributed by atoms with van der Waals surface area (Å²) >= 11 is 0. The normalized spacial score (nSPS) is 16.0. The number of aromatic nitrogens is 1. The molecule has 0 spiro atoms. The summed E-state index contributed by atoms with van der Waals surface area (Å²) in [6, 6.07) is 2.37. The van der Waals surface area contributed by atoms with Gasteiger partial charge in [0.05, 0.1) is 5.41 Å². The highest BCUT2D eigenvalue weighted by molar-refractivity contribution is 5.94. The van der Waals surface area contributed by atoms with Crippen LogP contribution in [0.4, 0.5) is 13.2 Å². The summed E-state index contributed by atoms with van der Waals surface area (Å²) in [7, 11) is 0.